The van der Waals surface area contributed by atoms with Crippen LogP contribution in [0, 0.1) is 6.92 Å². The molecule has 0 saturated heterocycles. The van der Waals surface area contributed by atoms with E-state index in [0.29, 0.717) is 26.9 Å². The van der Waals surface area contributed by atoms with Crippen molar-refractivity contribution < 1.29 is 0 Å². The molecule has 0 amide bonds. The van der Waals surface area contributed by atoms with Crippen LogP contribution >= 0.6 is 27.3 Å². The van der Waals surface area contributed by atoms with Crippen LogP contribution in [-0.2, 0) is 6.54 Å². The number of aryl methyl sites for hydroxylation is 1. The lowest BCUT2D eigenvalue weighted by Crippen LogP contribution is -2.22. The Bertz CT molecular complexity index is 578. The largest absolute Gasteiger partial charge is 0.374 e. The Kier molecular flexibility index (Phi) is 3.01. The van der Waals surface area contributed by atoms with Crippen molar-refractivity contribution in [1.29, 1.82) is 0 Å². The predicted molar refractivity (Wildman–Crippen MR) is 64.4 cm³/mol. The first-order valence-electron chi connectivity index (χ1n) is 4.37. The van der Waals surface area contributed by atoms with Crippen molar-refractivity contribution in [1.82, 2.24) is 19.7 Å². The topological polar surface area (TPSA) is 86.7 Å². The van der Waals surface area contributed by atoms with Crippen LogP contribution in [-0.4, -0.2) is 19.7 Å². The molecular formula is C8H8BrN5OS. The van der Waals surface area contributed by atoms with Gasteiger partial charge < -0.3 is 5.73 Å². The van der Waals surface area contributed by atoms with Crippen molar-refractivity contribution in [2.45, 2.75) is 13.5 Å². The molecule has 0 aliphatic rings. The molecule has 2 heterocycles. The molecule has 0 unspecified atom stereocenters. The van der Waals surface area contributed by atoms with Gasteiger partial charge in [0.1, 0.15) is 9.48 Å². The van der Waals surface area contributed by atoms with E-state index >= 15 is 0 Å². The standard InChI is InChI=1S/C8H8BrN5OS/c1-4-6(9)7(15)14(3-11-4)2-5-12-13-8(10)16-5/h3H,2H2,1H3,(H2,10,13). The molecular weight excluding hydrogens is 294 g/mol. The summed E-state index contributed by atoms with van der Waals surface area (Å²) in [5, 5.41) is 8.60. The van der Waals surface area contributed by atoms with Gasteiger partial charge in [-0.1, -0.05) is 11.3 Å². The van der Waals surface area contributed by atoms with E-state index in [-0.39, 0.29) is 5.56 Å². The zero-order chi connectivity index (χ0) is 11.7. The van der Waals surface area contributed by atoms with E-state index in [9.17, 15) is 4.79 Å². The number of nitrogens with two attached hydrogens (primary N) is 1. The van der Waals surface area contributed by atoms with E-state index < -0.39 is 0 Å². The van der Waals surface area contributed by atoms with Crippen molar-refractivity contribution in [3.8, 4) is 0 Å². The van der Waals surface area contributed by atoms with Crippen molar-refractivity contribution >= 4 is 32.4 Å². The Balaban J connectivity index is 2.36. The summed E-state index contributed by atoms with van der Waals surface area (Å²) >= 11 is 4.45. The highest BCUT2D eigenvalue weighted by atomic mass is 79.9. The molecule has 0 spiro atoms. The van der Waals surface area contributed by atoms with E-state index in [4.69, 9.17) is 5.73 Å². The summed E-state index contributed by atoms with van der Waals surface area (Å²) in [4.78, 5) is 15.9. The summed E-state index contributed by atoms with van der Waals surface area (Å²) in [7, 11) is 0. The van der Waals surface area contributed by atoms with E-state index in [1.807, 2.05) is 0 Å². The highest BCUT2D eigenvalue weighted by molar-refractivity contribution is 9.10. The van der Waals surface area contributed by atoms with Gasteiger partial charge in [-0.15, -0.1) is 10.2 Å². The molecule has 6 nitrogen and oxygen atoms in total. The van der Waals surface area contributed by atoms with Crippen LogP contribution in [0.1, 0.15) is 10.7 Å². The lowest BCUT2D eigenvalue weighted by atomic mass is 10.4. The summed E-state index contributed by atoms with van der Waals surface area (Å²) in [6.45, 7) is 2.10. The zero-order valence-electron chi connectivity index (χ0n) is 8.35. The van der Waals surface area contributed by atoms with Gasteiger partial charge in [-0.05, 0) is 22.9 Å². The molecule has 0 saturated carbocycles. The first kappa shape index (κ1) is 11.2. The van der Waals surface area contributed by atoms with Gasteiger partial charge in [0.25, 0.3) is 5.56 Å². The van der Waals surface area contributed by atoms with Gasteiger partial charge in [0, 0.05) is 0 Å². The molecule has 0 fully saturated rings. The molecule has 2 N–H and O–H groups in total. The summed E-state index contributed by atoms with van der Waals surface area (Å²) < 4.78 is 1.92. The number of nitrogen functional groups attached to an aromatic ring is 1. The smallest absolute Gasteiger partial charge is 0.268 e. The van der Waals surface area contributed by atoms with Gasteiger partial charge in [-0.25, -0.2) is 4.98 Å². The van der Waals surface area contributed by atoms with E-state index in [0.717, 1.165) is 0 Å². The third kappa shape index (κ3) is 2.12. The molecule has 0 atom stereocenters. The number of nitrogens with zero attached hydrogens (tertiary/aromatic N) is 4. The normalized spacial score (nSPS) is 10.6. The maximum absolute atomic E-state index is 11.8. The SMILES string of the molecule is Cc1ncn(Cc2nnc(N)s2)c(=O)c1Br. The number of anilines is 1. The second-order valence-corrected chi connectivity index (χ2v) is 5.00. The molecule has 0 bridgehead atoms. The Labute approximate surface area is 103 Å². The molecule has 84 valence electrons. The molecule has 0 aliphatic heterocycles. The maximum atomic E-state index is 11.8. The summed E-state index contributed by atoms with van der Waals surface area (Å²) in [6, 6.07) is 0. The van der Waals surface area contributed by atoms with Crippen LogP contribution in [0.2, 0.25) is 0 Å². The molecule has 0 radical (unpaired) electrons. The highest BCUT2D eigenvalue weighted by Crippen LogP contribution is 2.12. The van der Waals surface area contributed by atoms with Gasteiger partial charge in [0.05, 0.1) is 18.6 Å². The molecule has 16 heavy (non-hydrogen) atoms. The van der Waals surface area contributed by atoms with Gasteiger partial charge >= 0.3 is 0 Å². The number of halogens is 1. The summed E-state index contributed by atoms with van der Waals surface area (Å²) in [6.07, 6.45) is 1.49. The fourth-order valence-electron chi connectivity index (χ4n) is 1.14. The fourth-order valence-corrected chi connectivity index (χ4v) is 2.07. The Morgan fingerprint density at radius 3 is 2.94 bits per heavy atom. The summed E-state index contributed by atoms with van der Waals surface area (Å²) in [5.41, 5.74) is 5.98. The highest BCUT2D eigenvalue weighted by Gasteiger charge is 2.08. The minimum atomic E-state index is -0.138. The van der Waals surface area contributed by atoms with E-state index in [1.165, 1.54) is 22.2 Å². The van der Waals surface area contributed by atoms with Crippen LogP contribution in [0.5, 0.6) is 0 Å². The van der Waals surface area contributed by atoms with Gasteiger partial charge in [0.15, 0.2) is 0 Å². The first-order valence-corrected chi connectivity index (χ1v) is 5.98. The van der Waals surface area contributed by atoms with Crippen LogP contribution < -0.4 is 11.3 Å². The zero-order valence-corrected chi connectivity index (χ0v) is 10.7. The van der Waals surface area contributed by atoms with E-state index in [1.54, 1.807) is 6.92 Å². The minimum Gasteiger partial charge on any atom is -0.374 e. The van der Waals surface area contributed by atoms with Crippen LogP contribution in [0.25, 0.3) is 0 Å². The number of rotatable bonds is 2. The Morgan fingerprint density at radius 1 is 1.56 bits per heavy atom. The molecule has 8 heteroatoms. The number of hydrogen-bond acceptors (Lipinski definition) is 6. The number of hydrogen-bond donors (Lipinski definition) is 1. The van der Waals surface area contributed by atoms with Gasteiger partial charge in [-0.3, -0.25) is 9.36 Å². The molecule has 0 aromatic carbocycles. The minimum absolute atomic E-state index is 0.138. The van der Waals surface area contributed by atoms with Crippen molar-refractivity contribution in [3.63, 3.8) is 0 Å². The quantitative estimate of drug-likeness (QED) is 0.886. The maximum Gasteiger partial charge on any atom is 0.268 e. The summed E-state index contributed by atoms with van der Waals surface area (Å²) in [5.74, 6) is 0. The van der Waals surface area contributed by atoms with Crippen molar-refractivity contribution in [2.75, 3.05) is 5.73 Å². The average molecular weight is 302 g/mol. The molecule has 2 aromatic rings. The monoisotopic (exact) mass is 301 g/mol. The lowest BCUT2D eigenvalue weighted by Gasteiger charge is -2.03. The van der Waals surface area contributed by atoms with Crippen LogP contribution in [0.3, 0.4) is 0 Å². The predicted octanol–water partition coefficient (Wildman–Crippen LogP) is 0.796. The Morgan fingerprint density at radius 2 is 2.31 bits per heavy atom. The van der Waals surface area contributed by atoms with Gasteiger partial charge in [0.2, 0.25) is 5.13 Å². The van der Waals surface area contributed by atoms with E-state index in [2.05, 4.69) is 31.1 Å². The molecule has 0 aliphatic carbocycles. The lowest BCUT2D eigenvalue weighted by molar-refractivity contribution is 0.713. The number of aromatic nitrogens is 4. The third-order valence-electron chi connectivity index (χ3n) is 1.95. The average Bonchev–Trinajstić information content (AvgIpc) is 2.65. The Hall–Kier alpha value is -1.28. The van der Waals surface area contributed by atoms with Crippen molar-refractivity contribution in [3.05, 3.63) is 31.9 Å². The fraction of sp³-hybridized carbons (Fsp3) is 0.250. The third-order valence-corrected chi connectivity index (χ3v) is 3.60. The molecule has 2 rings (SSSR count). The second-order valence-electron chi connectivity index (χ2n) is 3.11. The van der Waals surface area contributed by atoms with Crippen molar-refractivity contribution in [2.24, 2.45) is 0 Å². The van der Waals surface area contributed by atoms with Crippen LogP contribution in [0.4, 0.5) is 5.13 Å². The first-order chi connectivity index (χ1) is 7.58. The van der Waals surface area contributed by atoms with Gasteiger partial charge in [-0.2, -0.15) is 0 Å². The van der Waals surface area contributed by atoms with Crippen LogP contribution in [0.15, 0.2) is 15.6 Å². The second kappa shape index (κ2) is 4.30. The molecule has 2 aromatic heterocycles.